The van der Waals surface area contributed by atoms with Gasteiger partial charge in [0.05, 0.1) is 19.8 Å². The van der Waals surface area contributed by atoms with E-state index in [-0.39, 0.29) is 0 Å². The maximum atomic E-state index is 5.27. The molecular formula is C8H14O2. The van der Waals surface area contributed by atoms with Gasteiger partial charge in [-0.2, -0.15) is 0 Å². The smallest absolute Gasteiger partial charge is 0.104 e. The Morgan fingerprint density at radius 3 is 2.90 bits per heavy atom. The molecule has 1 heterocycles. The zero-order valence-corrected chi connectivity index (χ0v) is 6.59. The molecule has 1 fully saturated rings. The molecule has 1 atom stereocenters. The number of allylic oxidation sites excluding steroid dienone is 1. The highest BCUT2D eigenvalue weighted by molar-refractivity contribution is 4.92. The third kappa shape index (κ3) is 3.64. The van der Waals surface area contributed by atoms with E-state index in [1.54, 1.807) is 0 Å². The first-order valence-corrected chi connectivity index (χ1v) is 3.62. The molecule has 0 aromatic heterocycles. The van der Waals surface area contributed by atoms with Gasteiger partial charge >= 0.3 is 0 Å². The third-order valence-electron chi connectivity index (χ3n) is 1.32. The molecule has 0 N–H and O–H groups in total. The maximum absolute atomic E-state index is 5.27. The van der Waals surface area contributed by atoms with Gasteiger partial charge in [-0.05, 0) is 13.8 Å². The maximum Gasteiger partial charge on any atom is 0.104 e. The van der Waals surface area contributed by atoms with Crippen LogP contribution in [0, 0.1) is 0 Å². The van der Waals surface area contributed by atoms with Crippen LogP contribution in [-0.4, -0.2) is 25.9 Å². The number of ether oxygens (including phenoxy) is 2. The molecule has 10 heavy (non-hydrogen) atoms. The van der Waals surface area contributed by atoms with Crippen LogP contribution in [0.1, 0.15) is 13.8 Å². The second-order valence-corrected chi connectivity index (χ2v) is 2.77. The minimum absolute atomic E-state index is 0.394. The Labute approximate surface area is 61.8 Å². The summed E-state index contributed by atoms with van der Waals surface area (Å²) in [6.45, 7) is 6.49. The van der Waals surface area contributed by atoms with Gasteiger partial charge in [0.1, 0.15) is 6.10 Å². The van der Waals surface area contributed by atoms with E-state index in [0.717, 1.165) is 19.8 Å². The molecule has 0 aromatic rings. The van der Waals surface area contributed by atoms with Crippen LogP contribution in [0.25, 0.3) is 0 Å². The van der Waals surface area contributed by atoms with E-state index < -0.39 is 0 Å². The van der Waals surface area contributed by atoms with Crippen LogP contribution in [0.2, 0.25) is 0 Å². The predicted octanol–water partition coefficient (Wildman–Crippen LogP) is 1.37. The summed E-state index contributed by atoms with van der Waals surface area (Å²) in [5.74, 6) is 0. The van der Waals surface area contributed by atoms with Gasteiger partial charge in [0.25, 0.3) is 0 Å². The van der Waals surface area contributed by atoms with E-state index in [1.807, 2.05) is 0 Å². The van der Waals surface area contributed by atoms with Gasteiger partial charge in [-0.3, -0.25) is 0 Å². The fraction of sp³-hybridized carbons (Fsp3) is 0.750. The van der Waals surface area contributed by atoms with Crippen LogP contribution in [0.3, 0.4) is 0 Å². The average molecular weight is 142 g/mol. The molecule has 2 heteroatoms. The lowest BCUT2D eigenvalue weighted by Gasteiger charge is -1.96. The van der Waals surface area contributed by atoms with Crippen molar-refractivity contribution in [3.8, 4) is 0 Å². The minimum atomic E-state index is 0.394. The topological polar surface area (TPSA) is 21.8 Å². The molecule has 0 bridgehead atoms. The standard InChI is InChI=1S/C8H14O2/c1-7(2)3-4-9-5-8-6-10-8/h3,8H,4-6H2,1-2H3. The summed E-state index contributed by atoms with van der Waals surface area (Å²) in [7, 11) is 0. The lowest BCUT2D eigenvalue weighted by molar-refractivity contribution is 0.140. The van der Waals surface area contributed by atoms with Crippen molar-refractivity contribution < 1.29 is 9.47 Å². The number of epoxide rings is 1. The zero-order chi connectivity index (χ0) is 7.40. The molecule has 1 aliphatic rings. The molecule has 1 aliphatic heterocycles. The zero-order valence-electron chi connectivity index (χ0n) is 6.59. The summed E-state index contributed by atoms with van der Waals surface area (Å²) in [4.78, 5) is 0. The van der Waals surface area contributed by atoms with Crippen molar-refractivity contribution in [3.05, 3.63) is 11.6 Å². The second kappa shape index (κ2) is 3.74. The highest BCUT2D eigenvalue weighted by Crippen LogP contribution is 2.08. The first-order chi connectivity index (χ1) is 4.79. The van der Waals surface area contributed by atoms with Crippen LogP contribution in [-0.2, 0) is 9.47 Å². The van der Waals surface area contributed by atoms with Gasteiger partial charge in [0.15, 0.2) is 0 Å². The second-order valence-electron chi connectivity index (χ2n) is 2.77. The monoisotopic (exact) mass is 142 g/mol. The van der Waals surface area contributed by atoms with Gasteiger partial charge in [-0.1, -0.05) is 11.6 Å². The quantitative estimate of drug-likeness (QED) is 0.336. The van der Waals surface area contributed by atoms with E-state index in [2.05, 4.69) is 19.9 Å². The molecule has 0 aliphatic carbocycles. The van der Waals surface area contributed by atoms with Crippen molar-refractivity contribution in [1.29, 1.82) is 0 Å². The number of hydrogen-bond donors (Lipinski definition) is 0. The van der Waals surface area contributed by atoms with Crippen molar-refractivity contribution in [2.24, 2.45) is 0 Å². The molecule has 2 nitrogen and oxygen atoms in total. The summed E-state index contributed by atoms with van der Waals surface area (Å²) < 4.78 is 10.2. The normalized spacial score (nSPS) is 22.4. The first-order valence-electron chi connectivity index (χ1n) is 3.62. The highest BCUT2D eigenvalue weighted by atomic mass is 16.6. The van der Waals surface area contributed by atoms with Crippen molar-refractivity contribution in [2.45, 2.75) is 20.0 Å². The van der Waals surface area contributed by atoms with Gasteiger partial charge in [-0.25, -0.2) is 0 Å². The molecule has 0 aromatic carbocycles. The first kappa shape index (κ1) is 7.76. The molecule has 58 valence electrons. The molecule has 0 amide bonds. The van der Waals surface area contributed by atoms with Gasteiger partial charge in [0.2, 0.25) is 0 Å². The van der Waals surface area contributed by atoms with E-state index in [0.29, 0.717) is 6.10 Å². The van der Waals surface area contributed by atoms with Crippen LogP contribution >= 0.6 is 0 Å². The number of hydrogen-bond acceptors (Lipinski definition) is 2. The van der Waals surface area contributed by atoms with Crippen LogP contribution in [0.15, 0.2) is 11.6 Å². The Bertz CT molecular complexity index is 121. The molecule has 1 rings (SSSR count). The fourth-order valence-corrected chi connectivity index (χ4v) is 0.589. The lowest BCUT2D eigenvalue weighted by Crippen LogP contribution is -2.00. The van der Waals surface area contributed by atoms with Gasteiger partial charge in [-0.15, -0.1) is 0 Å². The third-order valence-corrected chi connectivity index (χ3v) is 1.32. The molecule has 0 saturated carbocycles. The largest absolute Gasteiger partial charge is 0.375 e. The molecule has 1 unspecified atom stereocenters. The van der Waals surface area contributed by atoms with E-state index in [1.165, 1.54) is 5.57 Å². The highest BCUT2D eigenvalue weighted by Gasteiger charge is 2.21. The SMILES string of the molecule is CC(C)=CCOCC1CO1. The van der Waals surface area contributed by atoms with E-state index in [9.17, 15) is 0 Å². The Hall–Kier alpha value is -0.340. The van der Waals surface area contributed by atoms with Crippen LogP contribution < -0.4 is 0 Å². The minimum Gasteiger partial charge on any atom is -0.375 e. The fourth-order valence-electron chi connectivity index (χ4n) is 0.589. The Balaban J connectivity index is 1.89. The summed E-state index contributed by atoms with van der Waals surface area (Å²) in [5, 5.41) is 0. The predicted molar refractivity (Wildman–Crippen MR) is 40.0 cm³/mol. The number of rotatable bonds is 4. The van der Waals surface area contributed by atoms with Crippen molar-refractivity contribution in [2.75, 3.05) is 19.8 Å². The Morgan fingerprint density at radius 1 is 1.70 bits per heavy atom. The average Bonchev–Trinajstić information content (AvgIpc) is 2.62. The summed E-state index contributed by atoms with van der Waals surface area (Å²) in [5.41, 5.74) is 1.30. The van der Waals surface area contributed by atoms with Crippen molar-refractivity contribution in [1.82, 2.24) is 0 Å². The van der Waals surface area contributed by atoms with E-state index in [4.69, 9.17) is 9.47 Å². The molecule has 1 saturated heterocycles. The van der Waals surface area contributed by atoms with Gasteiger partial charge < -0.3 is 9.47 Å². The summed E-state index contributed by atoms with van der Waals surface area (Å²) in [6, 6.07) is 0. The molecule has 0 spiro atoms. The van der Waals surface area contributed by atoms with Gasteiger partial charge in [0, 0.05) is 0 Å². The molecular weight excluding hydrogens is 128 g/mol. The summed E-state index contributed by atoms with van der Waals surface area (Å²) >= 11 is 0. The Morgan fingerprint density at radius 2 is 2.40 bits per heavy atom. The lowest BCUT2D eigenvalue weighted by atomic mass is 10.3. The Kier molecular flexibility index (Phi) is 2.90. The van der Waals surface area contributed by atoms with Crippen molar-refractivity contribution >= 4 is 0 Å². The van der Waals surface area contributed by atoms with E-state index >= 15 is 0 Å². The summed E-state index contributed by atoms with van der Waals surface area (Å²) in [6.07, 6.45) is 2.47. The van der Waals surface area contributed by atoms with Crippen LogP contribution in [0.4, 0.5) is 0 Å². The van der Waals surface area contributed by atoms with Crippen molar-refractivity contribution in [3.63, 3.8) is 0 Å². The van der Waals surface area contributed by atoms with Crippen LogP contribution in [0.5, 0.6) is 0 Å². The molecule has 0 radical (unpaired) electrons.